The van der Waals surface area contributed by atoms with E-state index < -0.39 is 45.6 Å². The van der Waals surface area contributed by atoms with Gasteiger partial charge in [0.05, 0.1) is 39.7 Å². The molecule has 0 unspecified atom stereocenters. The van der Waals surface area contributed by atoms with E-state index in [9.17, 15) is 24.3 Å². The van der Waals surface area contributed by atoms with Crippen LogP contribution in [0, 0.1) is 60.2 Å². The van der Waals surface area contributed by atoms with E-state index in [0.717, 1.165) is 45.4 Å². The number of aliphatic hydroxyl groups is 1. The zero-order valence-electron chi connectivity index (χ0n) is 59.1. The van der Waals surface area contributed by atoms with E-state index >= 15 is 0 Å². The van der Waals surface area contributed by atoms with Gasteiger partial charge in [-0.25, -0.2) is 9.97 Å². The minimum atomic E-state index is -2.14. The third-order valence-electron chi connectivity index (χ3n) is 18.4. The second-order valence-electron chi connectivity index (χ2n) is 28.6. The van der Waals surface area contributed by atoms with Crippen molar-refractivity contribution >= 4 is 75.0 Å². The van der Waals surface area contributed by atoms with Gasteiger partial charge in [0.25, 0.3) is 0 Å². The second kappa shape index (κ2) is 36.6. The number of aliphatic carboxylic acids is 1. The number of aromatic nitrogens is 2. The van der Waals surface area contributed by atoms with E-state index in [-0.39, 0.29) is 88.2 Å². The van der Waals surface area contributed by atoms with Crippen LogP contribution in [-0.2, 0) is 32.8 Å². The van der Waals surface area contributed by atoms with Crippen molar-refractivity contribution in [3.63, 3.8) is 0 Å². The molecule has 2 heterocycles. The van der Waals surface area contributed by atoms with Crippen LogP contribution < -0.4 is 0 Å². The zero-order valence-corrected chi connectivity index (χ0v) is 62.7. The van der Waals surface area contributed by atoms with Crippen LogP contribution >= 0.6 is 22.7 Å². The lowest BCUT2D eigenvalue weighted by molar-refractivity contribution is -0.150. The van der Waals surface area contributed by atoms with Crippen LogP contribution in [0.1, 0.15) is 198 Å². The molecule has 2 rings (SSSR count). The molecule has 0 aliphatic carbocycles. The highest BCUT2D eigenvalue weighted by atomic mass is 32.1. The molecule has 0 aliphatic heterocycles. The molecule has 0 bridgehead atoms. The number of hydrogen-bond donors (Lipinski definition) is 2. The van der Waals surface area contributed by atoms with E-state index in [4.69, 9.17) is 18.7 Å². The maximum absolute atomic E-state index is 14.1. The summed E-state index contributed by atoms with van der Waals surface area (Å²) in [6, 6.07) is 0. The Morgan fingerprint density at radius 3 is 1.28 bits per heavy atom. The monoisotopic (exact) mass is 1280 g/mol. The smallest absolute Gasteiger partial charge is 0.306 e. The first-order valence-corrected chi connectivity index (χ1v) is 38.8. The summed E-state index contributed by atoms with van der Waals surface area (Å²) in [6.45, 7) is 68.7. The Morgan fingerprint density at radius 1 is 0.598 bits per heavy atom. The molecule has 2 aromatic heterocycles. The summed E-state index contributed by atoms with van der Waals surface area (Å²) in [5, 5.41) is 25.2. The van der Waals surface area contributed by atoms with E-state index in [0.29, 0.717) is 12.8 Å². The highest BCUT2D eigenvalue weighted by Gasteiger charge is 2.47. The van der Waals surface area contributed by atoms with Gasteiger partial charge < -0.3 is 23.8 Å². The number of ketones is 2. The van der Waals surface area contributed by atoms with Gasteiger partial charge in [0.1, 0.15) is 17.7 Å². The number of aryl methyl sites for hydroxylation is 2. The predicted octanol–water partition coefficient (Wildman–Crippen LogP) is 19.8. The SMILES string of the molecule is C=CC/C(C)=C\C[C@H](O)/C(C)=C/c1csc(C)n1.C=CC/C(C)=C\C[C@H](OC(=O)C[C@H](C)C(C)(C)C(=O)[C@H](C)[C@@H](O[Si](C)(C)C(C)(C)C)[C@@H](C)C=C)/C(C)=C/c1csc(C)n1.C=C[C@H](C)[C@@H](O[Si](C)(C)C(C)(C)C)[C@@H](C)C(=O)C(C)(C)[C@@H](C)CC(=O)O. The fraction of sp³-hybridized carbons (Fsp3) is 0.639. The van der Waals surface area contributed by atoms with Crippen molar-refractivity contribution in [2.75, 3.05) is 0 Å². The Bertz CT molecular complexity index is 2690. The van der Waals surface area contributed by atoms with Crippen molar-refractivity contribution < 1.29 is 43.0 Å². The van der Waals surface area contributed by atoms with Gasteiger partial charge in [-0.1, -0.05) is 158 Å². The lowest BCUT2D eigenvalue weighted by Gasteiger charge is -2.43. The number of carbonyl (C=O) groups excluding carboxylic acids is 3. The standard InChI is InChI=1S/C36H59NO4SSi.C21H40O4Si.C15H21NOS/c1-16-18-24(3)19-20-31(26(5)21-30-23-42-29(8)37-30)40-32(38)22-27(6)36(12,13)34(39)28(7)33(25(4)17-2)41-43(14,15)35(9,10)11;1-12-14(2)18(25-26(10,11)20(5,6)7)16(4)19(24)21(8,9)15(3)13-17(22)23;1-5-6-11(2)7-8-15(17)12(3)9-14-10-18-13(4)16-14/h16-17,19,21,23,25,27-28,31,33H,1-2,18,20,22H2,3-15H3;12,14-16,18H,1,13H2,2-11H3,(H,22,23);5,7,9-10,15,17H,1,6,8H2,2-4H3/b24-19-,26-21+;;11-7-,12-9+/t25-,27-,28+,31-,33-;14-,15-,16+,18+;15-/m000/s1. The molecule has 15 heteroatoms. The molecule has 2 N–H and O–H groups in total. The first-order chi connectivity index (χ1) is 39.7. The molecule has 0 spiro atoms. The van der Waals surface area contributed by atoms with Gasteiger partial charge in [-0.3, -0.25) is 19.2 Å². The number of carboxylic acid groups (broad SMARTS) is 1. The van der Waals surface area contributed by atoms with Gasteiger partial charge in [0, 0.05) is 52.7 Å². The first-order valence-electron chi connectivity index (χ1n) is 31.2. The molecule has 0 saturated heterocycles. The largest absolute Gasteiger partial charge is 0.481 e. The van der Waals surface area contributed by atoms with E-state index in [1.807, 2.05) is 137 Å². The van der Waals surface area contributed by atoms with E-state index in [1.165, 1.54) is 11.1 Å². The molecule has 11 nitrogen and oxygen atoms in total. The summed E-state index contributed by atoms with van der Waals surface area (Å²) in [5.41, 5.74) is 4.60. The van der Waals surface area contributed by atoms with Crippen LogP contribution in [0.4, 0.5) is 0 Å². The molecule has 0 amide bonds. The van der Waals surface area contributed by atoms with Crippen molar-refractivity contribution in [1.82, 2.24) is 9.97 Å². The topological polar surface area (TPSA) is 162 Å². The van der Waals surface area contributed by atoms with Gasteiger partial charge >= 0.3 is 11.9 Å². The number of hydrogen-bond acceptors (Lipinski definition) is 12. The molecule has 0 aliphatic rings. The Labute approximate surface area is 539 Å². The molecule has 0 saturated carbocycles. The molecular weight excluding hydrogens is 1160 g/mol. The van der Waals surface area contributed by atoms with Gasteiger partial charge in [0.15, 0.2) is 16.6 Å². The summed E-state index contributed by atoms with van der Waals surface area (Å²) < 4.78 is 19.5. The average molecular weight is 1280 g/mol. The Kier molecular flexibility index (Phi) is 34.8. The van der Waals surface area contributed by atoms with Crippen molar-refractivity contribution in [1.29, 1.82) is 0 Å². The zero-order chi connectivity index (χ0) is 68.0. The number of ether oxygens (including phenoxy) is 1. The van der Waals surface area contributed by atoms with Crippen LogP contribution in [-0.4, -0.2) is 84.7 Å². The Balaban J connectivity index is 0.00000142. The normalized spacial score (nSPS) is 16.8. The van der Waals surface area contributed by atoms with Crippen LogP contribution in [0.15, 0.2) is 95.8 Å². The number of thiazole rings is 2. The van der Waals surface area contributed by atoms with Crippen LogP contribution in [0.2, 0.25) is 36.3 Å². The minimum Gasteiger partial charge on any atom is -0.481 e. The number of carbonyl (C=O) groups is 4. The van der Waals surface area contributed by atoms with Gasteiger partial charge in [-0.15, -0.1) is 49.0 Å². The third kappa shape index (κ3) is 27.4. The maximum atomic E-state index is 14.1. The molecule has 492 valence electrons. The van der Waals surface area contributed by atoms with Crippen LogP contribution in [0.5, 0.6) is 0 Å². The summed E-state index contributed by atoms with van der Waals surface area (Å²) in [4.78, 5) is 60.7. The number of allylic oxidation sites excluding steroid dienone is 4. The van der Waals surface area contributed by atoms with E-state index in [1.54, 1.807) is 22.7 Å². The number of nitrogens with zero attached hydrogens (tertiary/aromatic N) is 2. The number of aliphatic hydroxyl groups excluding tert-OH is 1. The highest BCUT2D eigenvalue weighted by Crippen LogP contribution is 2.44. The van der Waals surface area contributed by atoms with Crippen molar-refractivity contribution in [2.45, 2.75) is 252 Å². The summed E-state index contributed by atoms with van der Waals surface area (Å²) >= 11 is 3.21. The molecule has 0 radical (unpaired) electrons. The number of esters is 1. The summed E-state index contributed by atoms with van der Waals surface area (Å²) in [7, 11) is -4.20. The third-order valence-corrected chi connectivity index (χ3v) is 28.9. The first kappa shape index (κ1) is 82.8. The van der Waals surface area contributed by atoms with Gasteiger partial charge in [0.2, 0.25) is 0 Å². The lowest BCUT2D eigenvalue weighted by Crippen LogP contribution is -2.50. The Hall–Kier alpha value is -4.23. The summed E-state index contributed by atoms with van der Waals surface area (Å²) in [6.07, 6.45) is 17.2. The number of rotatable bonds is 33. The lowest BCUT2D eigenvalue weighted by atomic mass is 9.69. The molecule has 0 aromatic carbocycles. The molecule has 0 fully saturated rings. The molecule has 10 atom stereocenters. The fourth-order valence-electron chi connectivity index (χ4n) is 9.12. The second-order valence-corrected chi connectivity index (χ2v) is 40.3. The molecular formula is C72H120N2O9S2Si2. The van der Waals surface area contributed by atoms with Crippen LogP contribution in [0.25, 0.3) is 12.2 Å². The quantitative estimate of drug-likeness (QED) is 0.0397. The fourth-order valence-corrected chi connectivity index (χ4v) is 13.2. The van der Waals surface area contributed by atoms with Gasteiger partial charge in [-0.2, -0.15) is 0 Å². The average Bonchev–Trinajstić information content (AvgIpc) is 1.84. The number of Topliss-reactive ketones (excluding diaryl/α,β-unsaturated/α-hetero) is 2. The van der Waals surface area contributed by atoms with Crippen LogP contribution in [0.3, 0.4) is 0 Å². The van der Waals surface area contributed by atoms with Crippen molar-refractivity contribution in [2.24, 2.45) is 46.3 Å². The number of carboxylic acids is 1. The van der Waals surface area contributed by atoms with Crippen molar-refractivity contribution in [3.05, 3.63) is 117 Å². The highest BCUT2D eigenvalue weighted by molar-refractivity contribution is 7.09. The van der Waals surface area contributed by atoms with Gasteiger partial charge in [-0.05, 0) is 144 Å². The van der Waals surface area contributed by atoms with Crippen molar-refractivity contribution in [3.8, 4) is 0 Å². The summed E-state index contributed by atoms with van der Waals surface area (Å²) in [5.74, 6) is -2.14. The maximum Gasteiger partial charge on any atom is 0.306 e. The minimum absolute atomic E-state index is 0.0128. The van der Waals surface area contributed by atoms with E-state index in [2.05, 4.69) is 137 Å². The molecule has 87 heavy (non-hydrogen) atoms. The predicted molar refractivity (Wildman–Crippen MR) is 377 cm³/mol. The molecule has 2 aromatic rings. The Morgan fingerprint density at radius 2 is 0.954 bits per heavy atom.